The van der Waals surface area contributed by atoms with Gasteiger partial charge >= 0.3 is 0 Å². The monoisotopic (exact) mass is 399 g/mol. The summed E-state index contributed by atoms with van der Waals surface area (Å²) in [5.74, 6) is 0.917. The maximum absolute atomic E-state index is 5.31. The van der Waals surface area contributed by atoms with Crippen molar-refractivity contribution in [3.8, 4) is 0 Å². The van der Waals surface area contributed by atoms with E-state index in [0.717, 1.165) is 38.6 Å². The van der Waals surface area contributed by atoms with Crippen molar-refractivity contribution in [3.63, 3.8) is 0 Å². The summed E-state index contributed by atoms with van der Waals surface area (Å²) < 4.78 is 5.31. The molecule has 0 aliphatic heterocycles. The van der Waals surface area contributed by atoms with Crippen LogP contribution in [0.15, 0.2) is 4.99 Å². The van der Waals surface area contributed by atoms with Crippen LogP contribution in [0.2, 0.25) is 0 Å². The zero-order chi connectivity index (χ0) is 14.3. The van der Waals surface area contributed by atoms with Crippen LogP contribution in [0, 0.1) is 0 Å². The standard InChI is InChI=1S/C15H33N3O.HI/c1-5-7-8-11-14(3)18-15(16-4)17-12-9-10-13-19-6-2;/h14H,5-13H2,1-4H3,(H2,16,17,18);1H. The van der Waals surface area contributed by atoms with Gasteiger partial charge in [-0.05, 0) is 33.1 Å². The summed E-state index contributed by atoms with van der Waals surface area (Å²) in [5.41, 5.74) is 0. The minimum absolute atomic E-state index is 0. The van der Waals surface area contributed by atoms with Crippen LogP contribution in [0.3, 0.4) is 0 Å². The number of ether oxygens (including phenoxy) is 1. The summed E-state index contributed by atoms with van der Waals surface area (Å²) in [5, 5.41) is 6.79. The minimum atomic E-state index is 0. The fraction of sp³-hybridized carbons (Fsp3) is 0.933. The molecule has 0 aromatic carbocycles. The van der Waals surface area contributed by atoms with Gasteiger partial charge in [-0.25, -0.2) is 0 Å². The number of nitrogens with zero attached hydrogens (tertiary/aromatic N) is 1. The number of unbranched alkanes of at least 4 members (excludes halogenated alkanes) is 3. The maximum Gasteiger partial charge on any atom is 0.191 e. The van der Waals surface area contributed by atoms with Crippen molar-refractivity contribution in [2.24, 2.45) is 4.99 Å². The zero-order valence-electron chi connectivity index (χ0n) is 13.7. The van der Waals surface area contributed by atoms with Gasteiger partial charge in [-0.2, -0.15) is 0 Å². The molecule has 0 bridgehead atoms. The average molecular weight is 399 g/mol. The fourth-order valence-electron chi connectivity index (χ4n) is 1.88. The van der Waals surface area contributed by atoms with E-state index in [4.69, 9.17) is 4.74 Å². The average Bonchev–Trinajstić information content (AvgIpc) is 2.41. The van der Waals surface area contributed by atoms with Crippen molar-refractivity contribution in [3.05, 3.63) is 0 Å². The molecule has 2 N–H and O–H groups in total. The molecule has 0 fully saturated rings. The van der Waals surface area contributed by atoms with Gasteiger partial charge in [-0.15, -0.1) is 24.0 Å². The Hall–Kier alpha value is -0.0400. The lowest BCUT2D eigenvalue weighted by Gasteiger charge is -2.17. The van der Waals surface area contributed by atoms with Gasteiger partial charge in [0.15, 0.2) is 5.96 Å². The molecule has 0 heterocycles. The van der Waals surface area contributed by atoms with Gasteiger partial charge in [0.1, 0.15) is 0 Å². The van der Waals surface area contributed by atoms with Crippen molar-refractivity contribution in [1.29, 1.82) is 0 Å². The third-order valence-electron chi connectivity index (χ3n) is 3.06. The van der Waals surface area contributed by atoms with Gasteiger partial charge in [0.25, 0.3) is 0 Å². The lowest BCUT2D eigenvalue weighted by Crippen LogP contribution is -2.42. The molecule has 1 unspecified atom stereocenters. The molecule has 0 aliphatic carbocycles. The second-order valence-corrected chi connectivity index (χ2v) is 4.94. The Kier molecular flexibility index (Phi) is 18.9. The molecule has 0 radical (unpaired) electrons. The van der Waals surface area contributed by atoms with Gasteiger partial charge in [-0.1, -0.05) is 26.2 Å². The predicted octanol–water partition coefficient (Wildman–Crippen LogP) is 3.55. The highest BCUT2D eigenvalue weighted by Crippen LogP contribution is 2.02. The van der Waals surface area contributed by atoms with Crippen LogP contribution in [0.25, 0.3) is 0 Å². The molecule has 122 valence electrons. The third kappa shape index (κ3) is 14.4. The van der Waals surface area contributed by atoms with Crippen molar-refractivity contribution in [2.45, 2.75) is 65.3 Å². The Balaban J connectivity index is 0. The van der Waals surface area contributed by atoms with Crippen LogP contribution in [0.5, 0.6) is 0 Å². The molecule has 0 saturated carbocycles. The van der Waals surface area contributed by atoms with Crippen LogP contribution in [0.4, 0.5) is 0 Å². The molecule has 1 atom stereocenters. The molecule has 0 amide bonds. The van der Waals surface area contributed by atoms with Crippen LogP contribution >= 0.6 is 24.0 Å². The molecular weight excluding hydrogens is 365 g/mol. The van der Waals surface area contributed by atoms with Gasteiger partial charge in [0, 0.05) is 32.8 Å². The predicted molar refractivity (Wildman–Crippen MR) is 99.2 cm³/mol. The van der Waals surface area contributed by atoms with Gasteiger partial charge in [0.05, 0.1) is 0 Å². The first-order valence-electron chi connectivity index (χ1n) is 7.79. The normalized spacial score (nSPS) is 12.7. The van der Waals surface area contributed by atoms with E-state index in [2.05, 4.69) is 29.5 Å². The second-order valence-electron chi connectivity index (χ2n) is 4.94. The number of guanidine groups is 1. The number of hydrogen-bond donors (Lipinski definition) is 2. The SMILES string of the molecule is CCCCCC(C)NC(=NC)NCCCCOCC.I. The summed E-state index contributed by atoms with van der Waals surface area (Å²) in [6.07, 6.45) is 7.30. The quantitative estimate of drug-likeness (QED) is 0.242. The molecule has 0 aromatic rings. The molecule has 0 rings (SSSR count). The highest BCUT2D eigenvalue weighted by molar-refractivity contribution is 14.0. The Morgan fingerprint density at radius 3 is 2.50 bits per heavy atom. The topological polar surface area (TPSA) is 45.7 Å². The van der Waals surface area contributed by atoms with Crippen LogP contribution in [0.1, 0.15) is 59.3 Å². The van der Waals surface area contributed by atoms with Gasteiger partial charge in [0.2, 0.25) is 0 Å². The first-order valence-corrected chi connectivity index (χ1v) is 7.79. The minimum Gasteiger partial charge on any atom is -0.382 e. The van der Waals surface area contributed by atoms with E-state index >= 15 is 0 Å². The summed E-state index contributed by atoms with van der Waals surface area (Å²) in [4.78, 5) is 4.25. The van der Waals surface area contributed by atoms with E-state index in [1.807, 2.05) is 14.0 Å². The maximum atomic E-state index is 5.31. The first kappa shape index (κ1) is 22.2. The Morgan fingerprint density at radius 1 is 1.15 bits per heavy atom. The van der Waals surface area contributed by atoms with Gasteiger partial charge in [-0.3, -0.25) is 4.99 Å². The van der Waals surface area contributed by atoms with Crippen LogP contribution in [-0.2, 0) is 4.74 Å². The van der Waals surface area contributed by atoms with Crippen molar-refractivity contribution < 1.29 is 4.74 Å². The largest absolute Gasteiger partial charge is 0.382 e. The summed E-state index contributed by atoms with van der Waals surface area (Å²) in [6.45, 7) is 9.11. The molecule has 0 aromatic heterocycles. The zero-order valence-corrected chi connectivity index (χ0v) is 16.0. The van der Waals surface area contributed by atoms with E-state index < -0.39 is 0 Å². The van der Waals surface area contributed by atoms with Crippen molar-refractivity contribution in [1.82, 2.24) is 10.6 Å². The lowest BCUT2D eigenvalue weighted by molar-refractivity contribution is 0.143. The van der Waals surface area contributed by atoms with Gasteiger partial charge < -0.3 is 15.4 Å². The molecular formula is C15H34IN3O. The summed E-state index contributed by atoms with van der Waals surface area (Å²) >= 11 is 0. The lowest BCUT2D eigenvalue weighted by atomic mass is 10.1. The van der Waals surface area contributed by atoms with E-state index in [1.165, 1.54) is 25.7 Å². The number of hydrogen-bond acceptors (Lipinski definition) is 2. The Labute approximate surface area is 142 Å². The Morgan fingerprint density at radius 2 is 1.90 bits per heavy atom. The number of nitrogens with one attached hydrogen (secondary N) is 2. The first-order chi connectivity index (χ1) is 9.24. The number of halogens is 1. The van der Waals surface area contributed by atoms with Crippen LogP contribution in [-0.4, -0.2) is 38.8 Å². The molecule has 5 heteroatoms. The van der Waals surface area contributed by atoms with E-state index in [0.29, 0.717) is 6.04 Å². The third-order valence-corrected chi connectivity index (χ3v) is 3.06. The van der Waals surface area contributed by atoms with E-state index in [-0.39, 0.29) is 24.0 Å². The number of aliphatic imine (C=N–C) groups is 1. The van der Waals surface area contributed by atoms with E-state index in [1.54, 1.807) is 0 Å². The smallest absolute Gasteiger partial charge is 0.191 e. The molecule has 0 aliphatic rings. The van der Waals surface area contributed by atoms with Crippen molar-refractivity contribution >= 4 is 29.9 Å². The summed E-state index contributed by atoms with van der Waals surface area (Å²) in [6, 6.07) is 0.487. The molecule has 0 saturated heterocycles. The highest BCUT2D eigenvalue weighted by atomic mass is 127. The molecule has 4 nitrogen and oxygen atoms in total. The van der Waals surface area contributed by atoms with E-state index in [9.17, 15) is 0 Å². The van der Waals surface area contributed by atoms with Crippen LogP contribution < -0.4 is 10.6 Å². The Bertz CT molecular complexity index is 225. The highest BCUT2D eigenvalue weighted by Gasteiger charge is 2.04. The van der Waals surface area contributed by atoms with Crippen molar-refractivity contribution in [2.75, 3.05) is 26.8 Å². The molecule has 0 spiro atoms. The second kappa shape index (κ2) is 17.0. The fourth-order valence-corrected chi connectivity index (χ4v) is 1.88. The molecule has 20 heavy (non-hydrogen) atoms. The summed E-state index contributed by atoms with van der Waals surface area (Å²) in [7, 11) is 1.83. The number of rotatable bonds is 11.